The first-order chi connectivity index (χ1) is 10.3. The molecule has 0 radical (unpaired) electrons. The van der Waals surface area contributed by atoms with E-state index in [2.05, 4.69) is 10.3 Å². The molecule has 22 heavy (non-hydrogen) atoms. The molecule has 0 aliphatic rings. The average molecular weight is 325 g/mol. The number of aliphatic carboxylic acids is 1. The predicted molar refractivity (Wildman–Crippen MR) is 77.3 cm³/mol. The van der Waals surface area contributed by atoms with Gasteiger partial charge in [-0.1, -0.05) is 11.6 Å². The lowest BCUT2D eigenvalue weighted by molar-refractivity contribution is -0.143. The fraction of sp³-hybridized carbons (Fsp3) is 0.231. The SMILES string of the molecule is NC(=O)CC(NC(=O)Cc1cn2cc(Cl)ccc2n1)C(=O)O. The molecule has 0 saturated heterocycles. The van der Waals surface area contributed by atoms with Crippen molar-refractivity contribution >= 4 is 35.0 Å². The Balaban J connectivity index is 2.06. The van der Waals surface area contributed by atoms with E-state index in [1.165, 1.54) is 0 Å². The molecule has 2 amide bonds. The van der Waals surface area contributed by atoms with Gasteiger partial charge in [-0.05, 0) is 12.1 Å². The molecule has 0 bridgehead atoms. The van der Waals surface area contributed by atoms with Crippen molar-refractivity contribution in [3.63, 3.8) is 0 Å². The highest BCUT2D eigenvalue weighted by atomic mass is 35.5. The number of rotatable bonds is 6. The zero-order valence-electron chi connectivity index (χ0n) is 11.3. The van der Waals surface area contributed by atoms with Gasteiger partial charge < -0.3 is 20.6 Å². The fourth-order valence-corrected chi connectivity index (χ4v) is 2.08. The Bertz CT molecular complexity index is 743. The number of halogens is 1. The van der Waals surface area contributed by atoms with Crippen molar-refractivity contribution in [2.45, 2.75) is 18.9 Å². The first kappa shape index (κ1) is 15.8. The summed E-state index contributed by atoms with van der Waals surface area (Å²) in [5, 5.41) is 11.7. The number of aromatic nitrogens is 2. The predicted octanol–water partition coefficient (Wildman–Crippen LogP) is -0.0250. The quantitative estimate of drug-likeness (QED) is 0.688. The second-order valence-electron chi connectivity index (χ2n) is 4.65. The standard InChI is InChI=1S/C13H13ClN4O4/c14-7-1-2-11-16-8(6-18(11)5-7)3-12(20)17-9(13(21)22)4-10(15)19/h1-2,5-6,9H,3-4H2,(H2,15,19)(H,17,20)(H,21,22). The Morgan fingerprint density at radius 2 is 2.09 bits per heavy atom. The first-order valence-corrected chi connectivity index (χ1v) is 6.66. The minimum Gasteiger partial charge on any atom is -0.480 e. The molecule has 0 spiro atoms. The zero-order chi connectivity index (χ0) is 16.3. The smallest absolute Gasteiger partial charge is 0.326 e. The topological polar surface area (TPSA) is 127 Å². The Morgan fingerprint density at radius 1 is 1.36 bits per heavy atom. The molecule has 0 aromatic carbocycles. The fourth-order valence-electron chi connectivity index (χ4n) is 1.91. The van der Waals surface area contributed by atoms with Crippen LogP contribution in [-0.4, -0.2) is 38.3 Å². The largest absolute Gasteiger partial charge is 0.480 e. The zero-order valence-corrected chi connectivity index (χ0v) is 12.1. The lowest BCUT2D eigenvalue weighted by Gasteiger charge is -2.11. The van der Waals surface area contributed by atoms with E-state index in [4.69, 9.17) is 22.4 Å². The van der Waals surface area contributed by atoms with Crippen LogP contribution in [0.2, 0.25) is 5.02 Å². The number of imidazole rings is 1. The molecule has 9 heteroatoms. The van der Waals surface area contributed by atoms with Crippen LogP contribution in [0.5, 0.6) is 0 Å². The number of pyridine rings is 1. The Labute approximate surface area is 129 Å². The molecule has 2 heterocycles. The van der Waals surface area contributed by atoms with Crippen LogP contribution in [0.4, 0.5) is 0 Å². The number of carbonyl (C=O) groups is 3. The Morgan fingerprint density at radius 3 is 2.73 bits per heavy atom. The van der Waals surface area contributed by atoms with Crippen LogP contribution < -0.4 is 11.1 Å². The summed E-state index contributed by atoms with van der Waals surface area (Å²) >= 11 is 5.85. The van der Waals surface area contributed by atoms with Crippen LogP contribution in [0, 0.1) is 0 Å². The summed E-state index contributed by atoms with van der Waals surface area (Å²) in [6.45, 7) is 0. The Hall–Kier alpha value is -2.61. The first-order valence-electron chi connectivity index (χ1n) is 6.29. The number of hydrogen-bond donors (Lipinski definition) is 3. The number of nitrogens with two attached hydrogens (primary N) is 1. The van der Waals surface area contributed by atoms with E-state index in [1.807, 2.05) is 0 Å². The third-order valence-electron chi connectivity index (χ3n) is 2.85. The van der Waals surface area contributed by atoms with E-state index in [0.717, 1.165) is 0 Å². The van der Waals surface area contributed by atoms with Crippen molar-refractivity contribution in [3.8, 4) is 0 Å². The second kappa shape index (κ2) is 6.44. The van der Waals surface area contributed by atoms with Crippen LogP contribution in [-0.2, 0) is 20.8 Å². The molecule has 1 atom stereocenters. The molecular formula is C13H13ClN4O4. The number of carboxylic acid groups (broad SMARTS) is 1. The average Bonchev–Trinajstić information content (AvgIpc) is 2.78. The molecule has 2 rings (SSSR count). The maximum Gasteiger partial charge on any atom is 0.326 e. The van der Waals surface area contributed by atoms with Crippen LogP contribution in [0.15, 0.2) is 24.5 Å². The van der Waals surface area contributed by atoms with Crippen LogP contribution in [0.3, 0.4) is 0 Å². The van der Waals surface area contributed by atoms with Gasteiger partial charge in [0.25, 0.3) is 0 Å². The highest BCUT2D eigenvalue weighted by Gasteiger charge is 2.22. The highest BCUT2D eigenvalue weighted by molar-refractivity contribution is 6.30. The van der Waals surface area contributed by atoms with E-state index in [9.17, 15) is 14.4 Å². The third-order valence-corrected chi connectivity index (χ3v) is 3.07. The van der Waals surface area contributed by atoms with Gasteiger partial charge in [0.2, 0.25) is 11.8 Å². The number of carbonyl (C=O) groups excluding carboxylic acids is 2. The van der Waals surface area contributed by atoms with E-state index >= 15 is 0 Å². The van der Waals surface area contributed by atoms with Crippen molar-refractivity contribution in [1.82, 2.24) is 14.7 Å². The molecule has 4 N–H and O–H groups in total. The summed E-state index contributed by atoms with van der Waals surface area (Å²) in [5.41, 5.74) is 6.00. The molecule has 0 aliphatic carbocycles. The third kappa shape index (κ3) is 3.95. The summed E-state index contributed by atoms with van der Waals surface area (Å²) in [5.74, 6) is -2.70. The van der Waals surface area contributed by atoms with Gasteiger partial charge in [-0.2, -0.15) is 0 Å². The molecule has 116 valence electrons. The summed E-state index contributed by atoms with van der Waals surface area (Å²) < 4.78 is 1.66. The van der Waals surface area contributed by atoms with Crippen LogP contribution in [0.1, 0.15) is 12.1 Å². The Kier molecular flexibility index (Phi) is 4.62. The van der Waals surface area contributed by atoms with Crippen molar-refractivity contribution in [3.05, 3.63) is 35.2 Å². The van der Waals surface area contributed by atoms with Gasteiger partial charge in [0.1, 0.15) is 11.7 Å². The summed E-state index contributed by atoms with van der Waals surface area (Å²) in [6, 6.07) is 2.01. The maximum absolute atomic E-state index is 11.9. The van der Waals surface area contributed by atoms with Gasteiger partial charge in [0.05, 0.1) is 23.6 Å². The van der Waals surface area contributed by atoms with Gasteiger partial charge in [-0.25, -0.2) is 9.78 Å². The summed E-state index contributed by atoms with van der Waals surface area (Å²) in [7, 11) is 0. The van der Waals surface area contributed by atoms with Crippen molar-refractivity contribution < 1.29 is 19.5 Å². The van der Waals surface area contributed by atoms with E-state index in [1.54, 1.807) is 28.9 Å². The highest BCUT2D eigenvalue weighted by Crippen LogP contribution is 2.12. The van der Waals surface area contributed by atoms with Gasteiger partial charge in [-0.15, -0.1) is 0 Å². The molecular weight excluding hydrogens is 312 g/mol. The molecule has 0 aliphatic heterocycles. The minimum atomic E-state index is -1.35. The van der Waals surface area contributed by atoms with Crippen molar-refractivity contribution in [2.75, 3.05) is 0 Å². The van der Waals surface area contributed by atoms with Crippen LogP contribution in [0.25, 0.3) is 5.65 Å². The van der Waals surface area contributed by atoms with Gasteiger partial charge >= 0.3 is 5.97 Å². The second-order valence-corrected chi connectivity index (χ2v) is 5.09. The van der Waals surface area contributed by atoms with Gasteiger partial charge in [0.15, 0.2) is 0 Å². The monoisotopic (exact) mass is 324 g/mol. The number of carboxylic acids is 1. The minimum absolute atomic E-state index is 0.123. The number of primary amides is 1. The normalized spacial score (nSPS) is 12.0. The van der Waals surface area contributed by atoms with Gasteiger partial charge in [-0.3, -0.25) is 9.59 Å². The summed E-state index contributed by atoms with van der Waals surface area (Å²) in [4.78, 5) is 37.8. The number of amides is 2. The van der Waals surface area contributed by atoms with E-state index in [0.29, 0.717) is 16.4 Å². The van der Waals surface area contributed by atoms with Crippen molar-refractivity contribution in [2.24, 2.45) is 5.73 Å². The molecule has 0 fully saturated rings. The van der Waals surface area contributed by atoms with Gasteiger partial charge in [0, 0.05) is 12.4 Å². The number of nitrogens with zero attached hydrogens (tertiary/aromatic N) is 2. The van der Waals surface area contributed by atoms with E-state index in [-0.39, 0.29) is 6.42 Å². The molecule has 0 saturated carbocycles. The summed E-state index contributed by atoms with van der Waals surface area (Å²) in [6.07, 6.45) is 2.66. The number of nitrogens with one attached hydrogen (secondary N) is 1. The molecule has 2 aromatic rings. The molecule has 1 unspecified atom stereocenters. The maximum atomic E-state index is 11.9. The number of hydrogen-bond acceptors (Lipinski definition) is 4. The lowest BCUT2D eigenvalue weighted by atomic mass is 10.2. The molecule has 2 aromatic heterocycles. The number of fused-ring (bicyclic) bond motifs is 1. The lowest BCUT2D eigenvalue weighted by Crippen LogP contribution is -2.43. The van der Waals surface area contributed by atoms with E-state index < -0.39 is 30.2 Å². The molecule has 8 nitrogen and oxygen atoms in total. The van der Waals surface area contributed by atoms with Crippen LogP contribution >= 0.6 is 11.6 Å². The van der Waals surface area contributed by atoms with Crippen molar-refractivity contribution in [1.29, 1.82) is 0 Å².